The lowest BCUT2D eigenvalue weighted by molar-refractivity contribution is 0.784. The Morgan fingerprint density at radius 3 is 2.40 bits per heavy atom. The number of aromatic nitrogens is 2. The van der Waals surface area contributed by atoms with Crippen LogP contribution in [0.4, 0.5) is 0 Å². The molecule has 20 heavy (non-hydrogen) atoms. The van der Waals surface area contributed by atoms with Gasteiger partial charge in [0.1, 0.15) is 0 Å². The summed E-state index contributed by atoms with van der Waals surface area (Å²) in [5.74, 6) is 0.620. The minimum Gasteiger partial charge on any atom is -0.237 e. The molecule has 1 aromatic carbocycles. The van der Waals surface area contributed by atoms with E-state index in [0.29, 0.717) is 12.3 Å². The van der Waals surface area contributed by atoms with Gasteiger partial charge in [0.2, 0.25) is 0 Å². The highest BCUT2D eigenvalue weighted by Crippen LogP contribution is 2.41. The maximum absolute atomic E-state index is 8.89. The molecular formula is C17H19N3. The first-order valence-electron chi connectivity index (χ1n) is 7.14. The first-order valence-corrected chi connectivity index (χ1v) is 7.14. The summed E-state index contributed by atoms with van der Waals surface area (Å²) in [6, 6.07) is 8.71. The fraction of sp³-hybridized carbons (Fsp3) is 0.412. The summed E-state index contributed by atoms with van der Waals surface area (Å²) < 4.78 is 2.08. The summed E-state index contributed by atoms with van der Waals surface area (Å²) in [6.45, 7) is 6.39. The second-order valence-electron chi connectivity index (χ2n) is 5.83. The summed E-state index contributed by atoms with van der Waals surface area (Å²) in [5, 5.41) is 13.6. The van der Waals surface area contributed by atoms with Gasteiger partial charge in [-0.1, -0.05) is 17.7 Å². The third-order valence-electron chi connectivity index (χ3n) is 3.89. The first kappa shape index (κ1) is 12.9. The van der Waals surface area contributed by atoms with Crippen molar-refractivity contribution in [3.63, 3.8) is 0 Å². The predicted octanol–water partition coefficient (Wildman–Crippen LogP) is 3.74. The average molecular weight is 265 g/mol. The van der Waals surface area contributed by atoms with Crippen LogP contribution in [-0.4, -0.2) is 9.78 Å². The van der Waals surface area contributed by atoms with Crippen molar-refractivity contribution in [2.75, 3.05) is 0 Å². The molecule has 0 radical (unpaired) electrons. The molecule has 0 amide bonds. The van der Waals surface area contributed by atoms with Crippen LogP contribution in [0.15, 0.2) is 18.2 Å². The molecule has 1 aliphatic carbocycles. The third-order valence-corrected chi connectivity index (χ3v) is 3.89. The molecule has 0 bridgehead atoms. The number of hydrogen-bond acceptors (Lipinski definition) is 2. The van der Waals surface area contributed by atoms with Crippen molar-refractivity contribution in [3.05, 3.63) is 46.3 Å². The molecule has 2 aromatic rings. The van der Waals surface area contributed by atoms with Crippen molar-refractivity contribution >= 4 is 0 Å². The van der Waals surface area contributed by atoms with E-state index in [1.54, 1.807) is 0 Å². The molecule has 1 heterocycles. The number of aryl methyl sites for hydroxylation is 3. The van der Waals surface area contributed by atoms with E-state index in [4.69, 9.17) is 5.26 Å². The lowest BCUT2D eigenvalue weighted by Gasteiger charge is -2.14. The van der Waals surface area contributed by atoms with Gasteiger partial charge in [0.15, 0.2) is 0 Å². The Bertz CT molecular complexity index is 677. The summed E-state index contributed by atoms with van der Waals surface area (Å²) in [7, 11) is 0. The second kappa shape index (κ2) is 4.79. The van der Waals surface area contributed by atoms with E-state index in [0.717, 1.165) is 5.69 Å². The molecule has 0 saturated heterocycles. The van der Waals surface area contributed by atoms with Crippen LogP contribution in [0.5, 0.6) is 0 Å². The normalized spacial score (nSPS) is 14.3. The molecular weight excluding hydrogens is 246 g/mol. The smallest absolute Gasteiger partial charge is 0.0793 e. The molecule has 3 heteroatoms. The van der Waals surface area contributed by atoms with E-state index < -0.39 is 0 Å². The van der Waals surface area contributed by atoms with E-state index in [2.05, 4.69) is 54.8 Å². The molecule has 0 unspecified atom stereocenters. The third kappa shape index (κ3) is 2.22. The fourth-order valence-electron chi connectivity index (χ4n) is 2.97. The number of hydrogen-bond donors (Lipinski definition) is 0. The molecule has 0 N–H and O–H groups in total. The highest BCUT2D eigenvalue weighted by atomic mass is 15.3. The fourth-order valence-corrected chi connectivity index (χ4v) is 2.97. The Hall–Kier alpha value is -2.08. The van der Waals surface area contributed by atoms with Gasteiger partial charge in [-0.25, -0.2) is 4.68 Å². The topological polar surface area (TPSA) is 41.6 Å². The van der Waals surface area contributed by atoms with Gasteiger partial charge < -0.3 is 0 Å². The maximum Gasteiger partial charge on any atom is 0.0793 e. The van der Waals surface area contributed by atoms with Crippen molar-refractivity contribution in [1.82, 2.24) is 9.78 Å². The molecule has 0 atom stereocenters. The minimum absolute atomic E-state index is 0.386. The van der Waals surface area contributed by atoms with Crippen molar-refractivity contribution < 1.29 is 0 Å². The van der Waals surface area contributed by atoms with E-state index in [1.165, 1.54) is 40.9 Å². The Kier molecular flexibility index (Phi) is 3.10. The molecule has 102 valence electrons. The van der Waals surface area contributed by atoms with Crippen molar-refractivity contribution in [3.8, 4) is 11.8 Å². The predicted molar refractivity (Wildman–Crippen MR) is 79.1 cm³/mol. The maximum atomic E-state index is 8.89. The van der Waals surface area contributed by atoms with Crippen LogP contribution in [0.1, 0.15) is 46.8 Å². The van der Waals surface area contributed by atoms with Crippen LogP contribution in [0, 0.1) is 32.1 Å². The molecule has 0 aliphatic heterocycles. The summed E-state index contributed by atoms with van der Waals surface area (Å²) >= 11 is 0. The van der Waals surface area contributed by atoms with Crippen LogP contribution in [0.3, 0.4) is 0 Å². The SMILES string of the molecule is Cc1cc(C)c(-n2nc(CC#N)cc2C2CC2)c(C)c1. The summed E-state index contributed by atoms with van der Waals surface area (Å²) in [5.41, 5.74) is 7.11. The molecule has 3 nitrogen and oxygen atoms in total. The Morgan fingerprint density at radius 1 is 1.20 bits per heavy atom. The highest BCUT2D eigenvalue weighted by molar-refractivity contribution is 5.50. The van der Waals surface area contributed by atoms with Crippen LogP contribution in [0.2, 0.25) is 0 Å². The zero-order valence-corrected chi connectivity index (χ0v) is 12.3. The van der Waals surface area contributed by atoms with E-state index in [1.807, 2.05) is 0 Å². The second-order valence-corrected chi connectivity index (χ2v) is 5.83. The number of benzene rings is 1. The van der Waals surface area contributed by atoms with Crippen LogP contribution < -0.4 is 0 Å². The summed E-state index contributed by atoms with van der Waals surface area (Å²) in [6.07, 6.45) is 2.86. The largest absolute Gasteiger partial charge is 0.237 e. The van der Waals surface area contributed by atoms with Crippen LogP contribution in [-0.2, 0) is 6.42 Å². The quantitative estimate of drug-likeness (QED) is 0.848. The van der Waals surface area contributed by atoms with Gasteiger partial charge >= 0.3 is 0 Å². The Morgan fingerprint density at radius 2 is 1.85 bits per heavy atom. The molecule has 1 saturated carbocycles. The van der Waals surface area contributed by atoms with E-state index in [-0.39, 0.29) is 0 Å². The minimum atomic E-state index is 0.386. The van der Waals surface area contributed by atoms with Gasteiger partial charge in [-0.05, 0) is 50.8 Å². The number of nitriles is 1. The van der Waals surface area contributed by atoms with Crippen molar-refractivity contribution in [2.45, 2.75) is 46.0 Å². The average Bonchev–Trinajstić information content (AvgIpc) is 3.12. The van der Waals surface area contributed by atoms with Crippen molar-refractivity contribution in [1.29, 1.82) is 5.26 Å². The molecule has 1 aromatic heterocycles. The first-order chi connectivity index (χ1) is 9.60. The lowest BCUT2D eigenvalue weighted by atomic mass is 10.0. The van der Waals surface area contributed by atoms with Gasteiger partial charge in [0, 0.05) is 11.6 Å². The van der Waals surface area contributed by atoms with Gasteiger partial charge in [-0.15, -0.1) is 0 Å². The molecule has 0 spiro atoms. The van der Waals surface area contributed by atoms with Crippen LogP contribution >= 0.6 is 0 Å². The standard InChI is InChI=1S/C17H19N3/c1-11-8-12(2)17(13(3)9-11)20-16(14-4-5-14)10-15(19-20)6-7-18/h8-10,14H,4-6H2,1-3H3. The van der Waals surface area contributed by atoms with Gasteiger partial charge in [0.05, 0.1) is 23.9 Å². The van der Waals surface area contributed by atoms with Gasteiger partial charge in [-0.2, -0.15) is 10.4 Å². The zero-order valence-electron chi connectivity index (χ0n) is 12.3. The lowest BCUT2D eigenvalue weighted by Crippen LogP contribution is -2.06. The molecule has 3 rings (SSSR count). The number of rotatable bonds is 3. The monoisotopic (exact) mass is 265 g/mol. The number of nitrogens with zero attached hydrogens (tertiary/aromatic N) is 3. The van der Waals surface area contributed by atoms with Crippen LogP contribution in [0.25, 0.3) is 5.69 Å². The molecule has 1 aliphatic rings. The molecule has 1 fully saturated rings. The van der Waals surface area contributed by atoms with Crippen molar-refractivity contribution in [2.24, 2.45) is 0 Å². The van der Waals surface area contributed by atoms with E-state index >= 15 is 0 Å². The van der Waals surface area contributed by atoms with Gasteiger partial charge in [0.25, 0.3) is 0 Å². The zero-order chi connectivity index (χ0) is 14.3. The Labute approximate surface area is 119 Å². The Balaban J connectivity index is 2.16. The summed E-state index contributed by atoms with van der Waals surface area (Å²) in [4.78, 5) is 0. The highest BCUT2D eigenvalue weighted by Gasteiger charge is 2.29. The van der Waals surface area contributed by atoms with E-state index in [9.17, 15) is 0 Å². The van der Waals surface area contributed by atoms with Gasteiger partial charge in [-0.3, -0.25) is 0 Å².